The Labute approximate surface area is 184 Å². The van der Waals surface area contributed by atoms with E-state index in [1.807, 2.05) is 30.3 Å². The van der Waals surface area contributed by atoms with Gasteiger partial charge in [-0.2, -0.15) is 0 Å². The van der Waals surface area contributed by atoms with Crippen LogP contribution in [-0.2, 0) is 9.09 Å². The van der Waals surface area contributed by atoms with Gasteiger partial charge in [-0.05, 0) is 53.2 Å². The number of rotatable bonds is 4. The average molecular weight is 511 g/mol. The van der Waals surface area contributed by atoms with Crippen molar-refractivity contribution in [3.05, 3.63) is 69.5 Å². The van der Waals surface area contributed by atoms with E-state index >= 15 is 0 Å². The first kappa shape index (κ1) is 20.2. The maximum absolute atomic E-state index is 12.7. The minimum absolute atomic E-state index is 0.363. The topological polar surface area (TPSA) is 64.6 Å². The fourth-order valence-corrected chi connectivity index (χ4v) is 5.19. The second kappa shape index (κ2) is 8.00. The number of fused-ring (bicyclic) bond motifs is 2. The van der Waals surface area contributed by atoms with Gasteiger partial charge in [-0.25, -0.2) is 9.36 Å². The molecule has 1 aromatic heterocycles. The van der Waals surface area contributed by atoms with E-state index in [2.05, 4.69) is 21.2 Å². The van der Waals surface area contributed by atoms with Crippen LogP contribution in [0.5, 0.6) is 5.75 Å². The quantitative estimate of drug-likeness (QED) is 0.283. The number of nitrogens with one attached hydrogen (secondary N) is 1. The Hall–Kier alpha value is -2.05. The van der Waals surface area contributed by atoms with E-state index in [-0.39, 0.29) is 0 Å². The molecule has 0 aliphatic rings. The summed E-state index contributed by atoms with van der Waals surface area (Å²) in [5.74, 6) is 0.363. The first-order valence-electron chi connectivity index (χ1n) is 8.43. The normalized spacial score (nSPS) is 13.2. The molecule has 1 atom stereocenters. The van der Waals surface area contributed by atoms with Crippen molar-refractivity contribution in [2.45, 2.75) is 0 Å². The molecule has 5 nitrogen and oxygen atoms in total. The number of thiophene rings is 1. The number of carbonyl (C=O) groups is 1. The Morgan fingerprint density at radius 1 is 1.10 bits per heavy atom. The van der Waals surface area contributed by atoms with Gasteiger partial charge in [-0.1, -0.05) is 39.7 Å². The molecule has 4 aromatic rings. The average Bonchev–Trinajstić information content (AvgIpc) is 3.02. The molecule has 0 bridgehead atoms. The van der Waals surface area contributed by atoms with Gasteiger partial charge in [0, 0.05) is 30.6 Å². The zero-order valence-corrected chi connectivity index (χ0v) is 19.1. The first-order valence-corrected chi connectivity index (χ1v) is 12.5. The van der Waals surface area contributed by atoms with Gasteiger partial charge < -0.3 is 9.05 Å². The van der Waals surface area contributed by atoms with E-state index in [1.54, 1.807) is 29.6 Å². The molecule has 0 aliphatic carbocycles. The van der Waals surface area contributed by atoms with Crippen LogP contribution in [0.1, 0.15) is 0 Å². The lowest BCUT2D eigenvalue weighted by molar-refractivity contribution is 0.209. The zero-order valence-electron chi connectivity index (χ0n) is 15.0. The molecule has 0 radical (unpaired) electrons. The van der Waals surface area contributed by atoms with Crippen molar-refractivity contribution in [2.24, 2.45) is 0 Å². The van der Waals surface area contributed by atoms with Gasteiger partial charge in [-0.15, -0.1) is 11.3 Å². The summed E-state index contributed by atoms with van der Waals surface area (Å²) in [6.45, 7) is 1.25. The monoisotopic (exact) mass is 509 g/mol. The van der Waals surface area contributed by atoms with Crippen molar-refractivity contribution in [1.29, 1.82) is 0 Å². The van der Waals surface area contributed by atoms with Crippen LogP contribution in [-0.4, -0.2) is 12.8 Å². The van der Waals surface area contributed by atoms with Gasteiger partial charge in [0.15, 0.2) is 0 Å². The lowest BCUT2D eigenvalue weighted by Crippen LogP contribution is -2.13. The molecule has 0 saturated carbocycles. The van der Waals surface area contributed by atoms with Crippen LogP contribution >= 0.6 is 46.5 Å². The van der Waals surface area contributed by atoms with E-state index in [9.17, 15) is 9.36 Å². The van der Waals surface area contributed by atoms with Crippen molar-refractivity contribution in [3.8, 4) is 5.75 Å². The Bertz CT molecular complexity index is 1290. The van der Waals surface area contributed by atoms with Crippen molar-refractivity contribution >= 4 is 79.1 Å². The predicted molar refractivity (Wildman–Crippen MR) is 123 cm³/mol. The van der Waals surface area contributed by atoms with E-state index in [4.69, 9.17) is 20.6 Å². The fraction of sp³-hybridized carbons (Fsp3) is 0.0500. The maximum Gasteiger partial charge on any atom is 0.431 e. The molecular weight excluding hydrogens is 497 g/mol. The summed E-state index contributed by atoms with van der Waals surface area (Å²) >= 11 is 10.9. The summed E-state index contributed by atoms with van der Waals surface area (Å²) in [6, 6.07) is 16.6. The number of halogens is 2. The highest BCUT2D eigenvalue weighted by atomic mass is 79.9. The lowest BCUT2D eigenvalue weighted by Gasteiger charge is -2.15. The molecule has 1 heterocycles. The Morgan fingerprint density at radius 3 is 2.69 bits per heavy atom. The van der Waals surface area contributed by atoms with Gasteiger partial charge in [0.1, 0.15) is 5.75 Å². The largest absolute Gasteiger partial charge is 0.431 e. The predicted octanol–water partition coefficient (Wildman–Crippen LogP) is 7.92. The van der Waals surface area contributed by atoms with Gasteiger partial charge >= 0.3 is 13.7 Å². The van der Waals surface area contributed by atoms with Gasteiger partial charge in [0.2, 0.25) is 0 Å². The minimum atomic E-state index is -3.70. The first-order chi connectivity index (χ1) is 13.8. The smallest absolute Gasteiger partial charge is 0.415 e. The molecule has 0 saturated heterocycles. The van der Waals surface area contributed by atoms with Crippen molar-refractivity contribution in [1.82, 2.24) is 0 Å². The number of hydrogen-bond donors (Lipinski definition) is 1. The van der Waals surface area contributed by atoms with Crippen LogP contribution in [0, 0.1) is 0 Å². The van der Waals surface area contributed by atoms with E-state index in [1.165, 1.54) is 18.0 Å². The molecule has 29 heavy (non-hydrogen) atoms. The Balaban J connectivity index is 1.47. The minimum Gasteiger partial charge on any atom is -0.415 e. The molecule has 0 spiro atoms. The third-order valence-electron chi connectivity index (χ3n) is 4.06. The highest BCUT2D eigenvalue weighted by Crippen LogP contribution is 2.48. The van der Waals surface area contributed by atoms with Gasteiger partial charge in [0.05, 0.1) is 6.66 Å². The number of benzene rings is 3. The van der Waals surface area contributed by atoms with Crippen LogP contribution in [0.2, 0.25) is 5.02 Å². The summed E-state index contributed by atoms with van der Waals surface area (Å²) in [6.07, 6.45) is -0.857. The molecule has 1 unspecified atom stereocenters. The summed E-state index contributed by atoms with van der Waals surface area (Å²) in [5, 5.41) is 7.51. The van der Waals surface area contributed by atoms with E-state index < -0.39 is 13.7 Å². The molecule has 1 amide bonds. The third-order valence-corrected chi connectivity index (χ3v) is 6.76. The van der Waals surface area contributed by atoms with Crippen molar-refractivity contribution in [3.63, 3.8) is 0 Å². The molecule has 3 aromatic carbocycles. The van der Waals surface area contributed by atoms with Gasteiger partial charge in [-0.3, -0.25) is 5.32 Å². The van der Waals surface area contributed by atoms with Crippen LogP contribution in [0.15, 0.2) is 64.5 Å². The highest BCUT2D eigenvalue weighted by Gasteiger charge is 2.25. The SMILES string of the molecule is CP(=O)(OC(=O)Nc1ccc2cc(Br)ccc2c1)Oc1csc2ccc(Cl)cc12. The van der Waals surface area contributed by atoms with Crippen molar-refractivity contribution < 1.29 is 18.4 Å². The second-order valence-corrected chi connectivity index (χ2v) is 10.5. The summed E-state index contributed by atoms with van der Waals surface area (Å²) in [5.41, 5.74) is 0.526. The second-order valence-electron chi connectivity index (χ2n) is 6.31. The summed E-state index contributed by atoms with van der Waals surface area (Å²) < 4.78 is 25.2. The third kappa shape index (κ3) is 4.75. The van der Waals surface area contributed by atoms with Crippen LogP contribution in [0.3, 0.4) is 0 Å². The molecule has 1 N–H and O–H groups in total. The van der Waals surface area contributed by atoms with Crippen molar-refractivity contribution in [2.75, 3.05) is 12.0 Å². The van der Waals surface area contributed by atoms with Gasteiger partial charge in [0.25, 0.3) is 0 Å². The van der Waals surface area contributed by atoms with E-state index in [0.717, 1.165) is 19.9 Å². The standard InChI is InChI=1S/C20H14BrClNO4PS/c1-28(25,26-18-11-29-19-7-5-15(22)10-17(18)19)27-20(24)23-16-6-3-12-8-14(21)4-2-13(12)9-16/h2-11H,1H3,(H,23,24). The molecule has 9 heteroatoms. The van der Waals surface area contributed by atoms with Crippen LogP contribution < -0.4 is 9.84 Å². The molecule has 0 aliphatic heterocycles. The molecule has 4 rings (SSSR count). The fourth-order valence-electron chi connectivity index (χ4n) is 2.83. The number of hydrogen-bond acceptors (Lipinski definition) is 5. The maximum atomic E-state index is 12.7. The molecule has 0 fully saturated rings. The molecule has 148 valence electrons. The van der Waals surface area contributed by atoms with E-state index in [0.29, 0.717) is 21.8 Å². The summed E-state index contributed by atoms with van der Waals surface area (Å²) in [7, 11) is -3.70. The highest BCUT2D eigenvalue weighted by molar-refractivity contribution is 9.10. The molecular formula is C20H14BrClNO4PS. The lowest BCUT2D eigenvalue weighted by atomic mass is 10.1. The Morgan fingerprint density at radius 2 is 1.86 bits per heavy atom. The number of amides is 1. The zero-order chi connectivity index (χ0) is 20.6. The summed E-state index contributed by atoms with van der Waals surface area (Å²) in [4.78, 5) is 12.3. The number of anilines is 1. The van der Waals surface area contributed by atoms with Crippen LogP contribution in [0.4, 0.5) is 10.5 Å². The Kier molecular flexibility index (Phi) is 5.58. The van der Waals surface area contributed by atoms with Crippen LogP contribution in [0.25, 0.3) is 20.9 Å². The number of carbonyl (C=O) groups excluding carboxylic acids is 1.